The Morgan fingerprint density at radius 1 is 1.38 bits per heavy atom. The highest BCUT2D eigenvalue weighted by molar-refractivity contribution is 7.99. The van der Waals surface area contributed by atoms with Gasteiger partial charge in [-0.3, -0.25) is 4.72 Å². The molecule has 118 valence electrons. The molecule has 1 aliphatic heterocycles. The van der Waals surface area contributed by atoms with E-state index in [0.717, 1.165) is 17.1 Å². The van der Waals surface area contributed by atoms with Gasteiger partial charge in [0.1, 0.15) is 0 Å². The number of rotatable bonds is 6. The van der Waals surface area contributed by atoms with Crippen molar-refractivity contribution >= 4 is 33.3 Å². The van der Waals surface area contributed by atoms with Crippen LogP contribution >= 0.6 is 11.8 Å². The lowest BCUT2D eigenvalue weighted by atomic mass is 10.3. The van der Waals surface area contributed by atoms with Crippen molar-refractivity contribution < 1.29 is 13.2 Å². The predicted octanol–water partition coefficient (Wildman–Crippen LogP) is 1.76. The average molecular weight is 331 g/mol. The first-order valence-electron chi connectivity index (χ1n) is 6.91. The molecule has 0 spiro atoms. The molecule has 1 saturated heterocycles. The summed E-state index contributed by atoms with van der Waals surface area (Å²) in [7, 11) is -3.58. The topological polar surface area (TPSA) is 84.7 Å². The number of nitrogens with two attached hydrogens (primary N) is 1. The molecule has 8 heteroatoms. The molecule has 1 aliphatic rings. The third-order valence-corrected chi connectivity index (χ3v) is 5.77. The van der Waals surface area contributed by atoms with Crippen LogP contribution in [0.2, 0.25) is 0 Å². The van der Waals surface area contributed by atoms with E-state index >= 15 is 0 Å². The van der Waals surface area contributed by atoms with Gasteiger partial charge >= 0.3 is 10.2 Å². The monoisotopic (exact) mass is 331 g/mol. The zero-order chi connectivity index (χ0) is 15.3. The Morgan fingerprint density at radius 3 is 2.76 bits per heavy atom. The summed E-state index contributed by atoms with van der Waals surface area (Å²) in [6, 6.07) is 5.42. The van der Waals surface area contributed by atoms with Gasteiger partial charge in [0.2, 0.25) is 0 Å². The minimum absolute atomic E-state index is 0.361. The molecule has 0 atom stereocenters. The summed E-state index contributed by atoms with van der Waals surface area (Å²) in [5, 5.41) is 0. The minimum Gasteiger partial charge on any atom is -0.397 e. The largest absolute Gasteiger partial charge is 0.397 e. The number of nitrogen functional groups attached to an aromatic ring is 1. The average Bonchev–Trinajstić information content (AvgIpc) is 2.49. The number of nitrogens with one attached hydrogen (secondary N) is 1. The number of hydrogen-bond donors (Lipinski definition) is 2. The molecule has 21 heavy (non-hydrogen) atoms. The maximum absolute atomic E-state index is 12.3. The summed E-state index contributed by atoms with van der Waals surface area (Å²) >= 11 is 1.68. The van der Waals surface area contributed by atoms with E-state index in [0.29, 0.717) is 37.7 Å². The highest BCUT2D eigenvalue weighted by Crippen LogP contribution is 2.28. The lowest BCUT2D eigenvalue weighted by Gasteiger charge is -2.26. The summed E-state index contributed by atoms with van der Waals surface area (Å²) in [5.74, 6) is 0.986. The first kappa shape index (κ1) is 16.4. The van der Waals surface area contributed by atoms with Gasteiger partial charge in [0, 0.05) is 18.0 Å². The normalized spacial score (nSPS) is 16.8. The van der Waals surface area contributed by atoms with Gasteiger partial charge in [-0.1, -0.05) is 6.92 Å². The molecule has 0 radical (unpaired) electrons. The third kappa shape index (κ3) is 4.50. The lowest BCUT2D eigenvalue weighted by Crippen LogP contribution is -2.43. The SMILES string of the molecule is CCCSc1ccc(N)c(NS(=O)(=O)N2CCOCC2)c1. The van der Waals surface area contributed by atoms with Gasteiger partial charge in [0.05, 0.1) is 24.6 Å². The van der Waals surface area contributed by atoms with E-state index in [4.69, 9.17) is 10.5 Å². The van der Waals surface area contributed by atoms with Gasteiger partial charge in [-0.2, -0.15) is 12.7 Å². The predicted molar refractivity (Wildman–Crippen MR) is 86.8 cm³/mol. The Morgan fingerprint density at radius 2 is 2.10 bits per heavy atom. The maximum atomic E-state index is 12.3. The van der Waals surface area contributed by atoms with Gasteiger partial charge in [-0.15, -0.1) is 11.8 Å². The Labute approximate surface area is 130 Å². The number of morpholine rings is 1. The first-order chi connectivity index (χ1) is 10.0. The second-order valence-electron chi connectivity index (χ2n) is 4.72. The molecule has 1 aromatic carbocycles. The van der Waals surface area contributed by atoms with E-state index in [1.165, 1.54) is 4.31 Å². The van der Waals surface area contributed by atoms with Crippen LogP contribution in [-0.4, -0.2) is 44.8 Å². The van der Waals surface area contributed by atoms with Crippen LogP contribution in [0.5, 0.6) is 0 Å². The molecule has 2 rings (SSSR count). The van der Waals surface area contributed by atoms with Crippen molar-refractivity contribution in [2.45, 2.75) is 18.2 Å². The van der Waals surface area contributed by atoms with Crippen LogP contribution in [0.15, 0.2) is 23.1 Å². The van der Waals surface area contributed by atoms with Gasteiger partial charge in [-0.05, 0) is 30.4 Å². The van der Waals surface area contributed by atoms with Crippen LogP contribution in [0, 0.1) is 0 Å². The Kier molecular flexibility index (Phi) is 5.74. The standard InChI is InChI=1S/C13H21N3O3S2/c1-2-9-20-11-3-4-12(14)13(10-11)15-21(17,18)16-5-7-19-8-6-16/h3-4,10,15H,2,5-9,14H2,1H3. The number of benzene rings is 1. The maximum Gasteiger partial charge on any atom is 0.301 e. The molecule has 1 heterocycles. The van der Waals surface area contributed by atoms with E-state index in [2.05, 4.69) is 11.6 Å². The van der Waals surface area contributed by atoms with E-state index in [-0.39, 0.29) is 0 Å². The molecule has 0 aromatic heterocycles. The third-order valence-electron chi connectivity index (χ3n) is 3.05. The van der Waals surface area contributed by atoms with Crippen LogP contribution in [0.25, 0.3) is 0 Å². The number of ether oxygens (including phenoxy) is 1. The van der Waals surface area contributed by atoms with E-state index in [9.17, 15) is 8.42 Å². The quantitative estimate of drug-likeness (QED) is 0.613. The zero-order valence-electron chi connectivity index (χ0n) is 12.0. The first-order valence-corrected chi connectivity index (χ1v) is 9.33. The molecule has 1 fully saturated rings. The van der Waals surface area contributed by atoms with Crippen LogP contribution in [0.1, 0.15) is 13.3 Å². The lowest BCUT2D eigenvalue weighted by molar-refractivity contribution is 0.0733. The Bertz CT molecular complexity index is 572. The molecule has 0 saturated carbocycles. The molecule has 0 aliphatic carbocycles. The minimum atomic E-state index is -3.58. The summed E-state index contributed by atoms with van der Waals surface area (Å²) < 4.78 is 33.8. The van der Waals surface area contributed by atoms with Crippen molar-refractivity contribution in [2.75, 3.05) is 42.5 Å². The second kappa shape index (κ2) is 7.35. The van der Waals surface area contributed by atoms with Crippen molar-refractivity contribution in [1.82, 2.24) is 4.31 Å². The summed E-state index contributed by atoms with van der Waals surface area (Å²) in [6.45, 7) is 3.66. The molecule has 1 aromatic rings. The van der Waals surface area contributed by atoms with Gasteiger partial charge in [0.15, 0.2) is 0 Å². The van der Waals surface area contributed by atoms with Crippen molar-refractivity contribution in [3.8, 4) is 0 Å². The fraction of sp³-hybridized carbons (Fsp3) is 0.538. The zero-order valence-corrected chi connectivity index (χ0v) is 13.7. The van der Waals surface area contributed by atoms with Gasteiger partial charge in [-0.25, -0.2) is 0 Å². The van der Waals surface area contributed by atoms with Crippen LogP contribution in [-0.2, 0) is 14.9 Å². The van der Waals surface area contributed by atoms with Crippen LogP contribution in [0.4, 0.5) is 11.4 Å². The fourth-order valence-electron chi connectivity index (χ4n) is 1.92. The van der Waals surface area contributed by atoms with Gasteiger partial charge < -0.3 is 10.5 Å². The smallest absolute Gasteiger partial charge is 0.301 e. The van der Waals surface area contributed by atoms with Crippen molar-refractivity contribution in [3.05, 3.63) is 18.2 Å². The van der Waals surface area contributed by atoms with Crippen molar-refractivity contribution in [3.63, 3.8) is 0 Å². The fourth-order valence-corrected chi connectivity index (χ4v) is 3.94. The number of thioether (sulfide) groups is 1. The van der Waals surface area contributed by atoms with E-state index in [1.54, 1.807) is 23.9 Å². The number of nitrogens with zero attached hydrogens (tertiary/aromatic N) is 1. The molecule has 0 bridgehead atoms. The summed E-state index contributed by atoms with van der Waals surface area (Å²) in [6.07, 6.45) is 1.06. The molecule has 6 nitrogen and oxygen atoms in total. The molecule has 3 N–H and O–H groups in total. The Hall–Kier alpha value is -0.960. The van der Waals surface area contributed by atoms with Crippen molar-refractivity contribution in [2.24, 2.45) is 0 Å². The van der Waals surface area contributed by atoms with E-state index < -0.39 is 10.2 Å². The molecular weight excluding hydrogens is 310 g/mol. The molecule has 0 unspecified atom stereocenters. The van der Waals surface area contributed by atoms with Crippen LogP contribution < -0.4 is 10.5 Å². The Balaban J connectivity index is 2.13. The summed E-state index contributed by atoms with van der Waals surface area (Å²) in [5.41, 5.74) is 6.73. The van der Waals surface area contributed by atoms with Gasteiger partial charge in [0.25, 0.3) is 0 Å². The molecule has 0 amide bonds. The second-order valence-corrected chi connectivity index (χ2v) is 7.56. The summed E-state index contributed by atoms with van der Waals surface area (Å²) in [4.78, 5) is 1.01. The highest BCUT2D eigenvalue weighted by atomic mass is 32.2. The number of anilines is 2. The number of hydrogen-bond acceptors (Lipinski definition) is 5. The van der Waals surface area contributed by atoms with Crippen LogP contribution in [0.3, 0.4) is 0 Å². The molecular formula is C13H21N3O3S2. The van der Waals surface area contributed by atoms with Crippen molar-refractivity contribution in [1.29, 1.82) is 0 Å². The highest BCUT2D eigenvalue weighted by Gasteiger charge is 2.24. The van der Waals surface area contributed by atoms with E-state index in [1.807, 2.05) is 6.07 Å².